The number of nitrogens with one attached hydrogen (secondary N) is 1. The van der Waals surface area contributed by atoms with E-state index < -0.39 is 55.3 Å². The molecule has 1 amide bonds. The number of hydrogen-bond donors (Lipinski definition) is 4. The van der Waals surface area contributed by atoms with Crippen molar-refractivity contribution in [1.82, 2.24) is 14.5 Å². The van der Waals surface area contributed by atoms with Gasteiger partial charge in [0.25, 0.3) is 5.56 Å². The second kappa shape index (κ2) is 7.44. The Morgan fingerprint density at radius 2 is 2.04 bits per heavy atom. The Morgan fingerprint density at radius 3 is 2.54 bits per heavy atom. The van der Waals surface area contributed by atoms with Crippen molar-refractivity contribution in [3.8, 4) is 0 Å². The van der Waals surface area contributed by atoms with Crippen LogP contribution in [0.15, 0.2) is 11.0 Å². The molecule has 26 heavy (non-hydrogen) atoms. The second-order valence-electron chi connectivity index (χ2n) is 5.71. The summed E-state index contributed by atoms with van der Waals surface area (Å²) in [5.74, 6) is -2.14. The van der Waals surface area contributed by atoms with Crippen molar-refractivity contribution in [3.63, 3.8) is 0 Å². The number of halogens is 3. The number of rotatable bonds is 4. The number of H-pyrrole nitrogens is 1. The highest BCUT2D eigenvalue weighted by Gasteiger charge is 2.44. The Bertz CT molecular complexity index is 795. The summed E-state index contributed by atoms with van der Waals surface area (Å²) in [7, 11) is 0.869. The van der Waals surface area contributed by atoms with Crippen LogP contribution in [-0.4, -0.2) is 73.8 Å². The maximum Gasteiger partial charge on any atom is 0.471 e. The molecule has 1 aliphatic rings. The number of ether oxygens (including phenoxy) is 1. The van der Waals surface area contributed by atoms with Gasteiger partial charge in [0.1, 0.15) is 18.3 Å². The average molecular weight is 399 g/mol. The van der Waals surface area contributed by atoms with Gasteiger partial charge in [-0.05, 0) is 12.2 Å². The molecule has 0 aliphatic carbocycles. The molecule has 0 aromatic carbocycles. The number of aromatic nitrogens is 2. The monoisotopic (exact) mass is 399 g/mol. The van der Waals surface area contributed by atoms with Gasteiger partial charge in [-0.15, -0.1) is 0 Å². The first kappa shape index (κ1) is 20.5. The summed E-state index contributed by atoms with van der Waals surface area (Å²) in [6.07, 6.45) is -9.40. The molecule has 2 heterocycles. The minimum Gasteiger partial charge on any atom is -0.394 e. The first-order chi connectivity index (χ1) is 12.0. The van der Waals surface area contributed by atoms with Crippen molar-refractivity contribution in [2.45, 2.75) is 37.3 Å². The van der Waals surface area contributed by atoms with Gasteiger partial charge in [-0.1, -0.05) is 0 Å². The molecule has 2 rings (SSSR count). The third kappa shape index (κ3) is 3.96. The molecule has 9 nitrogen and oxygen atoms in total. The van der Waals surface area contributed by atoms with Gasteiger partial charge in [-0.25, -0.2) is 0 Å². The molecule has 146 valence electrons. The molecule has 0 bridgehead atoms. The predicted molar refractivity (Wildman–Crippen MR) is 81.4 cm³/mol. The number of nitrogens with zero attached hydrogens (tertiary/aromatic N) is 2. The van der Waals surface area contributed by atoms with Crippen molar-refractivity contribution in [3.05, 3.63) is 26.9 Å². The molecule has 0 saturated carbocycles. The third-order valence-electron chi connectivity index (χ3n) is 3.83. The van der Waals surface area contributed by atoms with Crippen molar-refractivity contribution >= 4 is 18.1 Å². The number of amides is 1. The van der Waals surface area contributed by atoms with E-state index in [0.717, 1.165) is 17.8 Å². The molecule has 4 N–H and O–H groups in total. The molecule has 0 spiro atoms. The van der Waals surface area contributed by atoms with Gasteiger partial charge in [-0.2, -0.15) is 13.2 Å². The zero-order valence-corrected chi connectivity index (χ0v) is 14.1. The lowest BCUT2D eigenvalue weighted by Gasteiger charge is -2.21. The summed E-state index contributed by atoms with van der Waals surface area (Å²) < 4.78 is 43.5. The highest BCUT2D eigenvalue weighted by Crippen LogP contribution is 2.29. The smallest absolute Gasteiger partial charge is 0.394 e. The molecule has 13 heteroatoms. The van der Waals surface area contributed by atoms with E-state index in [4.69, 9.17) is 22.1 Å². The summed E-state index contributed by atoms with van der Waals surface area (Å²) in [5, 5.41) is 28.9. The van der Waals surface area contributed by atoms with Crippen LogP contribution in [0.2, 0.25) is 0 Å². The Labute approximate surface area is 149 Å². The Kier molecular flexibility index (Phi) is 5.87. The van der Waals surface area contributed by atoms with Gasteiger partial charge < -0.3 is 25.0 Å². The molecule has 1 aromatic heterocycles. The summed E-state index contributed by atoms with van der Waals surface area (Å²) in [4.78, 5) is 25.6. The number of hydrogen-bond acceptors (Lipinski definition) is 7. The summed E-state index contributed by atoms with van der Waals surface area (Å²) in [6, 6.07) is 0. The lowest BCUT2D eigenvalue weighted by atomic mass is 10.1. The molecular formula is C13H16F3N3O6S. The van der Waals surface area contributed by atoms with Crippen LogP contribution in [0.4, 0.5) is 13.2 Å². The fraction of sp³-hybridized carbons (Fsp3) is 0.615. The molecule has 0 radical (unpaired) electrons. The Balaban J connectivity index is 2.34. The zero-order valence-electron chi connectivity index (χ0n) is 13.3. The predicted octanol–water partition coefficient (Wildman–Crippen LogP) is -0.962. The van der Waals surface area contributed by atoms with Crippen LogP contribution in [0.5, 0.6) is 0 Å². The first-order valence-corrected chi connectivity index (χ1v) is 7.67. The van der Waals surface area contributed by atoms with Crippen molar-refractivity contribution in [2.75, 3.05) is 13.7 Å². The van der Waals surface area contributed by atoms with E-state index in [1.165, 1.54) is 0 Å². The summed E-state index contributed by atoms with van der Waals surface area (Å²) in [5.41, 5.74) is -1.07. The van der Waals surface area contributed by atoms with Gasteiger partial charge >= 0.3 is 12.1 Å². The van der Waals surface area contributed by atoms with E-state index >= 15 is 0 Å². The fourth-order valence-electron chi connectivity index (χ4n) is 2.48. The van der Waals surface area contributed by atoms with Crippen LogP contribution >= 0.6 is 12.2 Å². The van der Waals surface area contributed by atoms with Crippen molar-refractivity contribution < 1.29 is 38.0 Å². The molecule has 1 aliphatic heterocycles. The van der Waals surface area contributed by atoms with Gasteiger partial charge in [-0.3, -0.25) is 19.1 Å². The van der Waals surface area contributed by atoms with Gasteiger partial charge in [0.15, 0.2) is 11.0 Å². The van der Waals surface area contributed by atoms with Crippen molar-refractivity contribution in [2.24, 2.45) is 0 Å². The number of aromatic amines is 1. The fourth-order valence-corrected chi connectivity index (χ4v) is 2.73. The Hall–Kier alpha value is -1.80. The standard InChI is InChI=1S/C13H16F3N3O6S/c1-18(11(24)13(14,15)16)2-5-3-19(12(26)17-9(5)23)10-8(22)7(21)6(4-20)25-10/h3,6-8,10,20-22H,2,4H2,1H3,(H,17,23,26). The van der Waals surface area contributed by atoms with E-state index in [0.29, 0.717) is 4.90 Å². The van der Waals surface area contributed by atoms with E-state index in [2.05, 4.69) is 4.98 Å². The number of alkyl halides is 3. The van der Waals surface area contributed by atoms with Crippen LogP contribution in [-0.2, 0) is 16.1 Å². The number of carbonyl (C=O) groups is 1. The minimum absolute atomic E-state index is 0.224. The van der Waals surface area contributed by atoms with Crippen LogP contribution in [0.3, 0.4) is 0 Å². The second-order valence-corrected chi connectivity index (χ2v) is 6.10. The largest absolute Gasteiger partial charge is 0.471 e. The highest BCUT2D eigenvalue weighted by atomic mass is 32.1. The van der Waals surface area contributed by atoms with E-state index in [1.54, 1.807) is 0 Å². The number of aliphatic hydroxyl groups excluding tert-OH is 3. The van der Waals surface area contributed by atoms with Gasteiger partial charge in [0, 0.05) is 13.2 Å². The highest BCUT2D eigenvalue weighted by molar-refractivity contribution is 7.71. The molecule has 1 fully saturated rings. The molecule has 4 unspecified atom stereocenters. The Morgan fingerprint density at radius 1 is 1.42 bits per heavy atom. The lowest BCUT2D eigenvalue weighted by Crippen LogP contribution is -2.39. The molecular weight excluding hydrogens is 383 g/mol. The maximum absolute atomic E-state index is 12.5. The quantitative estimate of drug-likeness (QED) is 0.480. The minimum atomic E-state index is -5.10. The van der Waals surface area contributed by atoms with Gasteiger partial charge in [0.05, 0.1) is 18.7 Å². The van der Waals surface area contributed by atoms with Crippen LogP contribution in [0, 0.1) is 4.77 Å². The first-order valence-electron chi connectivity index (χ1n) is 7.26. The van der Waals surface area contributed by atoms with E-state index in [9.17, 15) is 33.0 Å². The topological polar surface area (TPSA) is 128 Å². The van der Waals surface area contributed by atoms with Gasteiger partial charge in [0.2, 0.25) is 0 Å². The SMILES string of the molecule is CN(Cc1cn(C2OC(CO)C(O)C2O)c(=S)[nH]c1=O)C(=O)C(F)(F)F. The average Bonchev–Trinajstić information content (AvgIpc) is 2.83. The van der Waals surface area contributed by atoms with Crippen LogP contribution in [0.1, 0.15) is 11.8 Å². The van der Waals surface area contributed by atoms with Crippen molar-refractivity contribution in [1.29, 1.82) is 0 Å². The molecule has 1 saturated heterocycles. The van der Waals surface area contributed by atoms with E-state index in [1.807, 2.05) is 0 Å². The lowest BCUT2D eigenvalue weighted by molar-refractivity contribution is -0.184. The van der Waals surface area contributed by atoms with E-state index in [-0.39, 0.29) is 10.3 Å². The third-order valence-corrected chi connectivity index (χ3v) is 4.14. The van der Waals surface area contributed by atoms with Crippen LogP contribution in [0.25, 0.3) is 0 Å². The molecule has 1 aromatic rings. The number of aliphatic hydroxyl groups is 3. The van der Waals surface area contributed by atoms with Crippen LogP contribution < -0.4 is 5.56 Å². The normalized spacial score (nSPS) is 26.1. The molecule has 4 atom stereocenters. The number of carbonyl (C=O) groups excluding carboxylic acids is 1. The summed E-state index contributed by atoms with van der Waals surface area (Å²) >= 11 is 4.94. The maximum atomic E-state index is 12.5. The summed E-state index contributed by atoms with van der Waals surface area (Å²) in [6.45, 7) is -1.28. The zero-order chi connectivity index (χ0) is 19.8.